The number of alkyl halides is 2. The number of aryl methyl sites for hydroxylation is 1. The van der Waals surface area contributed by atoms with E-state index in [-0.39, 0.29) is 23.5 Å². The Morgan fingerprint density at radius 1 is 1.22 bits per heavy atom. The molecule has 0 aliphatic rings. The molecule has 0 aromatic heterocycles. The van der Waals surface area contributed by atoms with Crippen LogP contribution in [0, 0.1) is 5.82 Å². The van der Waals surface area contributed by atoms with E-state index in [0.717, 1.165) is 12.1 Å². The highest BCUT2D eigenvalue weighted by Gasteiger charge is 2.23. The number of amides is 1. The number of rotatable bonds is 7. The SMILES string of the molecule is CCc1cc(C(F)F)cc(C(C)C)c1CC(=O)N=S(N)(=O)c1ccc(C(C)(C)O)cc1F. The third kappa shape index (κ3) is 5.96. The molecular formula is C23H29F3N2O3S. The molecule has 0 radical (unpaired) electrons. The first-order valence-electron chi connectivity index (χ1n) is 10.2. The van der Waals surface area contributed by atoms with Gasteiger partial charge in [-0.05, 0) is 72.7 Å². The van der Waals surface area contributed by atoms with Crippen LogP contribution in [-0.4, -0.2) is 15.2 Å². The second-order valence-corrected chi connectivity index (χ2v) is 10.3. The van der Waals surface area contributed by atoms with Crippen molar-refractivity contribution >= 4 is 15.8 Å². The van der Waals surface area contributed by atoms with Crippen LogP contribution < -0.4 is 5.14 Å². The van der Waals surface area contributed by atoms with E-state index in [9.17, 15) is 27.3 Å². The molecule has 1 unspecified atom stereocenters. The fourth-order valence-corrected chi connectivity index (χ4v) is 4.52. The Morgan fingerprint density at radius 2 is 1.84 bits per heavy atom. The lowest BCUT2D eigenvalue weighted by atomic mass is 9.88. The molecule has 5 nitrogen and oxygen atoms in total. The van der Waals surface area contributed by atoms with Gasteiger partial charge in [-0.2, -0.15) is 0 Å². The zero-order chi connectivity index (χ0) is 24.4. The van der Waals surface area contributed by atoms with Crippen molar-refractivity contribution in [1.29, 1.82) is 0 Å². The summed E-state index contributed by atoms with van der Waals surface area (Å²) in [5.74, 6) is -1.94. The molecule has 0 bridgehead atoms. The molecule has 1 atom stereocenters. The molecule has 3 N–H and O–H groups in total. The van der Waals surface area contributed by atoms with Gasteiger partial charge in [0.25, 0.3) is 12.3 Å². The number of halogens is 3. The van der Waals surface area contributed by atoms with Crippen molar-refractivity contribution in [2.45, 2.75) is 70.3 Å². The minimum Gasteiger partial charge on any atom is -0.386 e. The molecule has 0 fully saturated rings. The van der Waals surface area contributed by atoms with Gasteiger partial charge < -0.3 is 5.11 Å². The Labute approximate surface area is 187 Å². The van der Waals surface area contributed by atoms with Gasteiger partial charge in [0, 0.05) is 5.56 Å². The molecule has 1 amide bonds. The van der Waals surface area contributed by atoms with Crippen LogP contribution in [-0.2, 0) is 33.2 Å². The van der Waals surface area contributed by atoms with Crippen LogP contribution in [0.1, 0.15) is 74.8 Å². The number of carbonyl (C=O) groups is 1. The second kappa shape index (κ2) is 9.72. The molecule has 0 saturated heterocycles. The minimum atomic E-state index is -3.90. The number of nitrogens with two attached hydrogens (primary N) is 1. The molecule has 9 heteroatoms. The lowest BCUT2D eigenvalue weighted by Crippen LogP contribution is -2.20. The summed E-state index contributed by atoms with van der Waals surface area (Å²) in [6.45, 7) is 8.35. The van der Waals surface area contributed by atoms with Gasteiger partial charge >= 0.3 is 0 Å². The number of hydrogen-bond acceptors (Lipinski definition) is 3. The maximum atomic E-state index is 14.5. The molecule has 176 valence electrons. The Bertz CT molecular complexity index is 1130. The Kier molecular flexibility index (Phi) is 7.91. The van der Waals surface area contributed by atoms with Gasteiger partial charge in [-0.1, -0.05) is 26.8 Å². The van der Waals surface area contributed by atoms with Gasteiger partial charge in [0.2, 0.25) is 0 Å². The first-order chi connectivity index (χ1) is 14.7. The largest absolute Gasteiger partial charge is 0.386 e. The van der Waals surface area contributed by atoms with Crippen molar-refractivity contribution in [3.63, 3.8) is 0 Å². The van der Waals surface area contributed by atoms with Crippen LogP contribution in [0.15, 0.2) is 39.6 Å². The summed E-state index contributed by atoms with van der Waals surface area (Å²) in [5, 5.41) is 15.7. The van der Waals surface area contributed by atoms with Gasteiger partial charge in [-0.15, -0.1) is 4.36 Å². The summed E-state index contributed by atoms with van der Waals surface area (Å²) < 4.78 is 57.6. The zero-order valence-corrected chi connectivity index (χ0v) is 19.6. The van der Waals surface area contributed by atoms with Crippen LogP contribution in [0.3, 0.4) is 0 Å². The molecule has 0 heterocycles. The topological polar surface area (TPSA) is 92.8 Å². The van der Waals surface area contributed by atoms with E-state index in [1.54, 1.807) is 6.92 Å². The highest BCUT2D eigenvalue weighted by atomic mass is 32.2. The van der Waals surface area contributed by atoms with Crippen LogP contribution in [0.25, 0.3) is 0 Å². The number of aliphatic hydroxyl groups is 1. The van der Waals surface area contributed by atoms with Gasteiger partial charge in [-0.3, -0.25) is 4.79 Å². The van der Waals surface area contributed by atoms with Crippen molar-refractivity contribution in [3.8, 4) is 0 Å². The Morgan fingerprint density at radius 3 is 2.31 bits per heavy atom. The summed E-state index contributed by atoms with van der Waals surface area (Å²) in [7, 11) is -3.90. The fourth-order valence-electron chi connectivity index (χ4n) is 3.46. The first kappa shape index (κ1) is 26.0. The minimum absolute atomic E-state index is 0.129. The highest BCUT2D eigenvalue weighted by molar-refractivity contribution is 7.91. The predicted molar refractivity (Wildman–Crippen MR) is 118 cm³/mol. The highest BCUT2D eigenvalue weighted by Crippen LogP contribution is 2.31. The zero-order valence-electron chi connectivity index (χ0n) is 18.8. The summed E-state index contributed by atoms with van der Waals surface area (Å²) in [4.78, 5) is 12.2. The average Bonchev–Trinajstić information content (AvgIpc) is 2.66. The Hall–Kier alpha value is -2.23. The van der Waals surface area contributed by atoms with E-state index < -0.39 is 38.6 Å². The van der Waals surface area contributed by atoms with Crippen molar-refractivity contribution in [2.75, 3.05) is 0 Å². The lowest BCUT2D eigenvalue weighted by molar-refractivity contribution is -0.117. The number of carbonyl (C=O) groups excluding carboxylic acids is 1. The standard InChI is InChI=1S/C23H29F3N2O3S/c1-6-14-9-15(22(25)26)10-17(13(2)3)18(14)12-21(29)28-32(27,31)20-8-7-16(11-19(20)24)23(4,5)30/h7-11,13,22,30H,6,12H2,1-5H3,(H2,27,28,29,31). The van der Waals surface area contributed by atoms with Gasteiger partial charge in [-0.25, -0.2) is 22.5 Å². The normalized spacial score (nSPS) is 14.0. The molecule has 2 aromatic carbocycles. The molecule has 0 spiro atoms. The fraction of sp³-hybridized carbons (Fsp3) is 0.435. The molecule has 2 aromatic rings. The van der Waals surface area contributed by atoms with Crippen molar-refractivity contribution < 1.29 is 27.3 Å². The summed E-state index contributed by atoms with van der Waals surface area (Å²) in [6, 6.07) is 6.22. The van der Waals surface area contributed by atoms with E-state index in [1.165, 1.54) is 32.0 Å². The maximum Gasteiger partial charge on any atom is 0.263 e. The average molecular weight is 471 g/mol. The third-order valence-corrected chi connectivity index (χ3v) is 6.61. The van der Waals surface area contributed by atoms with Crippen LogP contribution >= 0.6 is 0 Å². The first-order valence-corrected chi connectivity index (χ1v) is 11.8. The molecular weight excluding hydrogens is 441 g/mol. The van der Waals surface area contributed by atoms with Crippen molar-refractivity contribution in [3.05, 3.63) is 64.0 Å². The molecule has 2 rings (SSSR count). The lowest BCUT2D eigenvalue weighted by Gasteiger charge is -2.19. The number of nitrogens with zero attached hydrogens (tertiary/aromatic N) is 1. The van der Waals surface area contributed by atoms with Crippen LogP contribution in [0.4, 0.5) is 13.2 Å². The maximum absolute atomic E-state index is 14.5. The van der Waals surface area contributed by atoms with E-state index in [1.807, 2.05) is 13.8 Å². The quantitative estimate of drug-likeness (QED) is 0.586. The summed E-state index contributed by atoms with van der Waals surface area (Å²) >= 11 is 0. The van der Waals surface area contributed by atoms with Gasteiger partial charge in [0.15, 0.2) is 0 Å². The smallest absolute Gasteiger partial charge is 0.263 e. The molecule has 0 saturated carbocycles. The van der Waals surface area contributed by atoms with Crippen molar-refractivity contribution in [1.82, 2.24) is 0 Å². The van der Waals surface area contributed by atoms with Crippen LogP contribution in [0.2, 0.25) is 0 Å². The van der Waals surface area contributed by atoms with E-state index in [4.69, 9.17) is 5.14 Å². The second-order valence-electron chi connectivity index (χ2n) is 8.49. The number of benzene rings is 2. The van der Waals surface area contributed by atoms with E-state index in [0.29, 0.717) is 23.1 Å². The van der Waals surface area contributed by atoms with Crippen molar-refractivity contribution in [2.24, 2.45) is 9.50 Å². The molecule has 32 heavy (non-hydrogen) atoms. The Balaban J connectivity index is 2.48. The van der Waals surface area contributed by atoms with Crippen LogP contribution in [0.5, 0.6) is 0 Å². The van der Waals surface area contributed by atoms with E-state index >= 15 is 0 Å². The third-order valence-electron chi connectivity index (χ3n) is 5.17. The molecule has 0 aliphatic carbocycles. The summed E-state index contributed by atoms with van der Waals surface area (Å²) in [5.41, 5.74) is 0.472. The number of hydrogen-bond donors (Lipinski definition) is 2. The monoisotopic (exact) mass is 470 g/mol. The predicted octanol–water partition coefficient (Wildman–Crippen LogP) is 5.15. The summed E-state index contributed by atoms with van der Waals surface area (Å²) in [6.07, 6.45) is -2.53. The van der Waals surface area contributed by atoms with Gasteiger partial charge in [0.1, 0.15) is 15.7 Å². The molecule has 0 aliphatic heterocycles. The van der Waals surface area contributed by atoms with Gasteiger partial charge in [0.05, 0.1) is 16.9 Å². The van der Waals surface area contributed by atoms with E-state index in [2.05, 4.69) is 4.36 Å².